The van der Waals surface area contributed by atoms with E-state index in [1.807, 2.05) is 0 Å². The van der Waals surface area contributed by atoms with Gasteiger partial charge in [0, 0.05) is 10.6 Å². The van der Waals surface area contributed by atoms with Gasteiger partial charge in [-0.3, -0.25) is 19.3 Å². The number of imide groups is 1. The Morgan fingerprint density at radius 2 is 1.88 bits per heavy atom. The van der Waals surface area contributed by atoms with E-state index in [-0.39, 0.29) is 16.3 Å². The van der Waals surface area contributed by atoms with Gasteiger partial charge in [0.1, 0.15) is 18.0 Å². The quantitative estimate of drug-likeness (QED) is 0.495. The van der Waals surface area contributed by atoms with Crippen LogP contribution < -0.4 is 14.8 Å². The fourth-order valence-corrected chi connectivity index (χ4v) is 4.02. The number of anilines is 1. The third-order valence-corrected chi connectivity index (χ3v) is 5.68. The van der Waals surface area contributed by atoms with Crippen molar-refractivity contribution in [3.63, 3.8) is 0 Å². The maximum atomic E-state index is 13.0. The van der Waals surface area contributed by atoms with Crippen LogP contribution in [0.4, 0.5) is 23.7 Å². The average molecular weight is 515 g/mol. The molecule has 1 saturated heterocycles. The predicted molar refractivity (Wildman–Crippen MR) is 122 cm³/mol. The molecule has 0 bridgehead atoms. The van der Waals surface area contributed by atoms with Crippen LogP contribution >= 0.6 is 23.4 Å². The summed E-state index contributed by atoms with van der Waals surface area (Å²) in [6.45, 7) is 1.45. The first kappa shape index (κ1) is 25.4. The Morgan fingerprint density at radius 3 is 2.53 bits per heavy atom. The van der Waals surface area contributed by atoms with Crippen molar-refractivity contribution in [2.75, 3.05) is 25.6 Å². The average Bonchev–Trinajstić information content (AvgIpc) is 3.02. The van der Waals surface area contributed by atoms with E-state index in [2.05, 4.69) is 5.32 Å². The van der Waals surface area contributed by atoms with Crippen molar-refractivity contribution in [2.24, 2.45) is 0 Å². The molecule has 7 nitrogen and oxygen atoms in total. The number of methoxy groups -OCH3 is 1. The second kappa shape index (κ2) is 10.4. The summed E-state index contributed by atoms with van der Waals surface area (Å²) in [5, 5.41) is 1.95. The monoisotopic (exact) mass is 514 g/mol. The van der Waals surface area contributed by atoms with E-state index in [1.165, 1.54) is 13.2 Å². The van der Waals surface area contributed by atoms with Gasteiger partial charge in [-0.1, -0.05) is 11.6 Å². The molecule has 0 saturated carbocycles. The minimum atomic E-state index is -4.64. The normalized spacial score (nSPS) is 15.1. The zero-order chi connectivity index (χ0) is 25.0. The lowest BCUT2D eigenvalue weighted by Crippen LogP contribution is -2.36. The van der Waals surface area contributed by atoms with Crippen LogP contribution in [-0.4, -0.2) is 42.2 Å². The lowest BCUT2D eigenvalue weighted by atomic mass is 10.1. The Balaban J connectivity index is 1.78. The van der Waals surface area contributed by atoms with Crippen LogP contribution in [-0.2, 0) is 15.8 Å². The Labute approximate surface area is 201 Å². The minimum Gasteiger partial charge on any atom is -0.495 e. The Kier molecular flexibility index (Phi) is 7.78. The van der Waals surface area contributed by atoms with Gasteiger partial charge >= 0.3 is 6.18 Å². The number of nitrogens with zero attached hydrogens (tertiary/aromatic N) is 1. The highest BCUT2D eigenvalue weighted by atomic mass is 35.5. The van der Waals surface area contributed by atoms with Crippen molar-refractivity contribution in [1.29, 1.82) is 0 Å². The highest BCUT2D eigenvalue weighted by molar-refractivity contribution is 8.18. The molecule has 0 aliphatic carbocycles. The van der Waals surface area contributed by atoms with E-state index in [0.717, 1.165) is 12.1 Å². The van der Waals surface area contributed by atoms with Crippen LogP contribution in [0.15, 0.2) is 41.3 Å². The molecule has 0 unspecified atom stereocenters. The maximum Gasteiger partial charge on any atom is 0.416 e. The fourth-order valence-electron chi connectivity index (χ4n) is 3.01. The molecule has 1 heterocycles. The zero-order valence-corrected chi connectivity index (χ0v) is 19.4. The van der Waals surface area contributed by atoms with Gasteiger partial charge < -0.3 is 14.8 Å². The summed E-state index contributed by atoms with van der Waals surface area (Å²) in [7, 11) is 1.23. The highest BCUT2D eigenvalue weighted by Gasteiger charge is 2.37. The maximum absolute atomic E-state index is 13.0. The molecule has 3 rings (SSSR count). The van der Waals surface area contributed by atoms with Crippen LogP contribution in [0, 0.1) is 0 Å². The minimum absolute atomic E-state index is 0.0141. The molecule has 2 aromatic rings. The lowest BCUT2D eigenvalue weighted by molar-refractivity contribution is -0.137. The summed E-state index contributed by atoms with van der Waals surface area (Å²) in [4.78, 5) is 38.3. The molecule has 1 fully saturated rings. The molecule has 3 amide bonds. The molecule has 0 spiro atoms. The highest BCUT2D eigenvalue weighted by Crippen LogP contribution is 2.36. The number of carbonyl (C=O) groups excluding carboxylic acids is 3. The summed E-state index contributed by atoms with van der Waals surface area (Å²) in [6, 6.07) is 7.37. The lowest BCUT2D eigenvalue weighted by Gasteiger charge is -2.16. The zero-order valence-electron chi connectivity index (χ0n) is 17.9. The number of hydrogen-bond acceptors (Lipinski definition) is 6. The van der Waals surface area contributed by atoms with Crippen LogP contribution in [0.25, 0.3) is 6.08 Å². The molecule has 0 radical (unpaired) electrons. The van der Waals surface area contributed by atoms with E-state index in [9.17, 15) is 27.6 Å². The third-order valence-electron chi connectivity index (χ3n) is 4.53. The molecule has 1 aliphatic rings. The molecular formula is C22H18ClF3N2O5S. The Hall–Kier alpha value is -3.18. The smallest absolute Gasteiger partial charge is 0.416 e. The number of benzene rings is 2. The first-order valence-corrected chi connectivity index (χ1v) is 11.0. The number of thioether (sulfide) groups is 1. The molecule has 34 heavy (non-hydrogen) atoms. The molecule has 1 aliphatic heterocycles. The topological polar surface area (TPSA) is 84.9 Å². The number of hydrogen-bond donors (Lipinski definition) is 1. The van der Waals surface area contributed by atoms with Gasteiger partial charge in [0.05, 0.1) is 29.9 Å². The summed E-state index contributed by atoms with van der Waals surface area (Å²) in [5.41, 5.74) is -0.771. The molecule has 1 N–H and O–H groups in total. The van der Waals surface area contributed by atoms with Gasteiger partial charge in [-0.2, -0.15) is 13.2 Å². The summed E-state index contributed by atoms with van der Waals surface area (Å²) >= 11 is 6.64. The second-order valence-corrected chi connectivity index (χ2v) is 8.27. The van der Waals surface area contributed by atoms with Crippen LogP contribution in [0.1, 0.15) is 18.1 Å². The van der Waals surface area contributed by atoms with E-state index in [4.69, 9.17) is 21.1 Å². The molecule has 0 atom stereocenters. The number of halogens is 4. The molecule has 2 aromatic carbocycles. The standard InChI is InChI=1S/C22H18ClF3N2O5S/c1-3-33-16-7-5-14(23)8-12(16)9-18-20(30)28(21(31)34-18)11-19(29)27-15-10-13(22(24,25)26)4-6-17(15)32-2/h4-10H,3,11H2,1-2H3,(H,27,29)/b18-9-. The number of alkyl halides is 3. The van der Waals surface area contributed by atoms with Crippen LogP contribution in [0.3, 0.4) is 0 Å². The Morgan fingerprint density at radius 1 is 1.18 bits per heavy atom. The fraction of sp³-hybridized carbons (Fsp3) is 0.227. The molecular weight excluding hydrogens is 497 g/mol. The number of amides is 3. The summed E-state index contributed by atoms with van der Waals surface area (Å²) < 4.78 is 49.5. The largest absolute Gasteiger partial charge is 0.495 e. The van der Waals surface area contributed by atoms with Gasteiger partial charge in [-0.05, 0) is 61.2 Å². The van der Waals surface area contributed by atoms with Crippen LogP contribution in [0.5, 0.6) is 11.5 Å². The van der Waals surface area contributed by atoms with Crippen molar-refractivity contribution in [2.45, 2.75) is 13.1 Å². The van der Waals surface area contributed by atoms with Crippen molar-refractivity contribution in [3.05, 3.63) is 57.5 Å². The van der Waals surface area contributed by atoms with E-state index >= 15 is 0 Å². The van der Waals surface area contributed by atoms with Gasteiger partial charge in [-0.15, -0.1) is 0 Å². The van der Waals surface area contributed by atoms with E-state index in [1.54, 1.807) is 25.1 Å². The summed E-state index contributed by atoms with van der Waals surface area (Å²) in [5.74, 6) is -1.17. The first-order chi connectivity index (χ1) is 16.0. The number of nitrogens with one attached hydrogen (secondary N) is 1. The number of rotatable bonds is 7. The number of ether oxygens (including phenoxy) is 2. The predicted octanol–water partition coefficient (Wildman–Crippen LogP) is 5.44. The van der Waals surface area contributed by atoms with E-state index < -0.39 is 35.3 Å². The van der Waals surface area contributed by atoms with E-state index in [0.29, 0.717) is 45.7 Å². The third kappa shape index (κ3) is 5.84. The summed E-state index contributed by atoms with van der Waals surface area (Å²) in [6.07, 6.45) is -3.21. The second-order valence-electron chi connectivity index (χ2n) is 6.84. The molecule has 180 valence electrons. The number of carbonyl (C=O) groups is 3. The van der Waals surface area contributed by atoms with Crippen molar-refractivity contribution in [3.8, 4) is 11.5 Å². The van der Waals surface area contributed by atoms with Gasteiger partial charge in [0.15, 0.2) is 0 Å². The first-order valence-electron chi connectivity index (χ1n) is 9.76. The van der Waals surface area contributed by atoms with Crippen molar-refractivity contribution >= 4 is 52.2 Å². The molecule has 12 heteroatoms. The van der Waals surface area contributed by atoms with Gasteiger partial charge in [-0.25, -0.2) is 0 Å². The molecule has 0 aromatic heterocycles. The SMILES string of the molecule is CCOc1ccc(Cl)cc1/C=C1\SC(=O)N(CC(=O)Nc2cc(C(F)(F)F)ccc2OC)C1=O. The van der Waals surface area contributed by atoms with Crippen molar-refractivity contribution < 1.29 is 37.0 Å². The van der Waals surface area contributed by atoms with Crippen LogP contribution in [0.2, 0.25) is 5.02 Å². The van der Waals surface area contributed by atoms with Crippen molar-refractivity contribution in [1.82, 2.24) is 4.90 Å². The van der Waals surface area contributed by atoms with Gasteiger partial charge in [0.2, 0.25) is 5.91 Å². The van der Waals surface area contributed by atoms with Gasteiger partial charge in [0.25, 0.3) is 11.1 Å². The Bertz CT molecular complexity index is 1170.